The van der Waals surface area contributed by atoms with E-state index in [1.54, 1.807) is 41.5 Å². The van der Waals surface area contributed by atoms with Gasteiger partial charge < -0.3 is 14.2 Å². The van der Waals surface area contributed by atoms with Gasteiger partial charge in [0.2, 0.25) is 10.0 Å². The third-order valence-electron chi connectivity index (χ3n) is 5.01. The lowest BCUT2D eigenvalue weighted by molar-refractivity contribution is -0.384. The average Bonchev–Trinajstić information content (AvgIpc) is 2.84. The van der Waals surface area contributed by atoms with Crippen LogP contribution in [-0.4, -0.2) is 43.6 Å². The van der Waals surface area contributed by atoms with Crippen molar-refractivity contribution in [2.75, 3.05) is 7.11 Å². The molecule has 2 aromatic carbocycles. The van der Waals surface area contributed by atoms with Crippen LogP contribution in [0.1, 0.15) is 60.1 Å². The quantitative estimate of drug-likeness (QED) is 0.147. The van der Waals surface area contributed by atoms with Crippen molar-refractivity contribution in [2.24, 2.45) is 0 Å². The van der Waals surface area contributed by atoms with Crippen LogP contribution in [-0.2, 0) is 29.1 Å². The van der Waals surface area contributed by atoms with E-state index >= 15 is 0 Å². The van der Waals surface area contributed by atoms with Crippen molar-refractivity contribution < 1.29 is 37.1 Å². The van der Waals surface area contributed by atoms with Gasteiger partial charge >= 0.3 is 11.9 Å². The first kappa shape index (κ1) is 32.2. The van der Waals surface area contributed by atoms with Crippen LogP contribution in [0.25, 0.3) is 0 Å². The van der Waals surface area contributed by atoms with Gasteiger partial charge in [-0.2, -0.15) is 4.72 Å². The normalized spacial score (nSPS) is 12.5. The molecule has 1 atom stereocenters. The number of carbonyl (C=O) groups excluding carboxylic acids is 2. The molecule has 0 spiro atoms. The van der Waals surface area contributed by atoms with Gasteiger partial charge in [-0.05, 0) is 78.3 Å². The predicted molar refractivity (Wildman–Crippen MR) is 147 cm³/mol. The summed E-state index contributed by atoms with van der Waals surface area (Å²) in [5, 5.41) is 11.2. The molecule has 0 aromatic heterocycles. The first-order valence-electron chi connectivity index (χ1n) is 12.2. The van der Waals surface area contributed by atoms with E-state index in [1.807, 2.05) is 0 Å². The molecule has 1 N–H and O–H groups in total. The van der Waals surface area contributed by atoms with Gasteiger partial charge in [0.15, 0.2) is 0 Å². The molecule has 216 valence electrons. The molecule has 0 aliphatic carbocycles. The monoisotopic (exact) mass is 574 g/mol. The molecule has 0 unspecified atom stereocenters. The minimum absolute atomic E-state index is 0.119. The molecule has 40 heavy (non-hydrogen) atoms. The fourth-order valence-corrected chi connectivity index (χ4v) is 4.44. The molecule has 0 saturated heterocycles. The number of sulfonamides is 1. The second-order valence-corrected chi connectivity index (χ2v) is 12.5. The summed E-state index contributed by atoms with van der Waals surface area (Å²) in [5.74, 6) is -1.32. The minimum Gasteiger partial charge on any atom is -0.497 e. The van der Waals surface area contributed by atoms with Crippen molar-refractivity contribution in [1.29, 1.82) is 0 Å². The molecule has 0 saturated carbocycles. The van der Waals surface area contributed by atoms with Crippen molar-refractivity contribution in [2.45, 2.75) is 70.6 Å². The van der Waals surface area contributed by atoms with Gasteiger partial charge in [0, 0.05) is 12.1 Å². The number of rotatable bonds is 9. The highest BCUT2D eigenvalue weighted by atomic mass is 32.2. The van der Waals surface area contributed by atoms with Crippen molar-refractivity contribution in [1.82, 2.24) is 4.72 Å². The number of esters is 2. The molecular formula is C28H34N2O9S. The van der Waals surface area contributed by atoms with Gasteiger partial charge in [-0.25, -0.2) is 18.0 Å². The van der Waals surface area contributed by atoms with E-state index in [0.29, 0.717) is 5.75 Å². The third kappa shape index (κ3) is 9.33. The molecule has 0 aliphatic heterocycles. The molecule has 0 aliphatic rings. The van der Waals surface area contributed by atoms with Gasteiger partial charge in [0.05, 0.1) is 28.5 Å². The average molecular weight is 575 g/mol. The number of ether oxygens (including phenoxy) is 3. The third-order valence-corrected chi connectivity index (χ3v) is 6.45. The smallest absolute Gasteiger partial charge is 0.344 e. The van der Waals surface area contributed by atoms with Gasteiger partial charge in [-0.1, -0.05) is 17.9 Å². The molecule has 0 heterocycles. The van der Waals surface area contributed by atoms with Crippen molar-refractivity contribution in [3.63, 3.8) is 0 Å². The molecule has 11 nitrogen and oxygen atoms in total. The number of nitrogens with one attached hydrogen (secondary N) is 1. The minimum atomic E-state index is -4.30. The van der Waals surface area contributed by atoms with E-state index in [4.69, 9.17) is 14.2 Å². The van der Waals surface area contributed by atoms with Crippen LogP contribution < -0.4 is 9.46 Å². The Kier molecular flexibility index (Phi) is 10.0. The first-order chi connectivity index (χ1) is 18.3. The summed E-state index contributed by atoms with van der Waals surface area (Å²) in [4.78, 5) is 36.6. The van der Waals surface area contributed by atoms with E-state index in [-0.39, 0.29) is 27.3 Å². The fourth-order valence-electron chi connectivity index (χ4n) is 3.24. The van der Waals surface area contributed by atoms with Gasteiger partial charge in [-0.15, -0.1) is 0 Å². The zero-order chi connectivity index (χ0) is 30.5. The lowest BCUT2D eigenvalue weighted by atomic mass is 9.98. The summed E-state index contributed by atoms with van der Waals surface area (Å²) in [6.45, 7) is 11.2. The van der Waals surface area contributed by atoms with E-state index < -0.39 is 44.1 Å². The van der Waals surface area contributed by atoms with Crippen LogP contribution >= 0.6 is 0 Å². The van der Waals surface area contributed by atoms with Crippen molar-refractivity contribution >= 4 is 27.6 Å². The molecular weight excluding hydrogens is 540 g/mol. The van der Waals surface area contributed by atoms with Crippen LogP contribution in [0, 0.1) is 10.1 Å². The highest BCUT2D eigenvalue weighted by Gasteiger charge is 2.32. The van der Waals surface area contributed by atoms with Crippen molar-refractivity contribution in [3.8, 4) is 5.75 Å². The zero-order valence-electron chi connectivity index (χ0n) is 23.7. The van der Waals surface area contributed by atoms with Crippen LogP contribution in [0.3, 0.4) is 0 Å². The summed E-state index contributed by atoms with van der Waals surface area (Å²) in [7, 11) is -2.87. The molecule has 2 rings (SSSR count). The van der Waals surface area contributed by atoms with E-state index in [0.717, 1.165) is 0 Å². The van der Waals surface area contributed by atoms with Gasteiger partial charge in [0.1, 0.15) is 22.5 Å². The van der Waals surface area contributed by atoms with E-state index in [1.165, 1.54) is 62.6 Å². The molecule has 12 heteroatoms. The Labute approximate surface area is 234 Å². The molecule has 2 aromatic rings. The topological polar surface area (TPSA) is 151 Å². The first-order valence-corrected chi connectivity index (χ1v) is 13.7. The second kappa shape index (κ2) is 12.5. The SMILES string of the molecule is COc1ccc(S(=O)(=O)N[C@@H](C(=C=C(C)C(=O)OC(C)(C)C)C(=O)OC(C)(C)C)c2ccc([N+](=O)[O-])cc2)cc1. The summed E-state index contributed by atoms with van der Waals surface area (Å²) in [5.41, 5.74) is 0.296. The van der Waals surface area contributed by atoms with Gasteiger partial charge in [-0.3, -0.25) is 10.1 Å². The van der Waals surface area contributed by atoms with Crippen LogP contribution in [0.5, 0.6) is 5.75 Å². The Bertz CT molecular complexity index is 1420. The molecule has 0 radical (unpaired) electrons. The highest BCUT2D eigenvalue weighted by Crippen LogP contribution is 2.29. The summed E-state index contributed by atoms with van der Waals surface area (Å²) in [6, 6.07) is 9.00. The summed E-state index contributed by atoms with van der Waals surface area (Å²) in [6.07, 6.45) is 0. The van der Waals surface area contributed by atoms with Crippen molar-refractivity contribution in [3.05, 3.63) is 81.1 Å². The molecule has 0 amide bonds. The lowest BCUT2D eigenvalue weighted by Crippen LogP contribution is -2.34. The number of nitro benzene ring substituents is 1. The summed E-state index contributed by atoms with van der Waals surface area (Å²) < 4.78 is 45.4. The molecule has 0 bridgehead atoms. The Morgan fingerprint density at radius 3 is 1.85 bits per heavy atom. The number of non-ortho nitro benzene ring substituents is 1. The second-order valence-electron chi connectivity index (χ2n) is 10.7. The predicted octanol–water partition coefficient (Wildman–Crippen LogP) is 4.78. The lowest BCUT2D eigenvalue weighted by Gasteiger charge is -2.25. The largest absolute Gasteiger partial charge is 0.497 e. The number of methoxy groups -OCH3 is 1. The van der Waals surface area contributed by atoms with E-state index in [2.05, 4.69) is 10.5 Å². The number of hydrogen-bond donors (Lipinski definition) is 1. The number of hydrogen-bond acceptors (Lipinski definition) is 9. The maximum Gasteiger partial charge on any atom is 0.344 e. The highest BCUT2D eigenvalue weighted by molar-refractivity contribution is 7.89. The summed E-state index contributed by atoms with van der Waals surface area (Å²) >= 11 is 0. The van der Waals surface area contributed by atoms with Crippen LogP contribution in [0.2, 0.25) is 0 Å². The number of carbonyl (C=O) groups is 2. The van der Waals surface area contributed by atoms with Crippen LogP contribution in [0.4, 0.5) is 5.69 Å². The fraction of sp³-hybridized carbons (Fsp3) is 0.393. The Morgan fingerprint density at radius 2 is 1.40 bits per heavy atom. The maximum absolute atomic E-state index is 13.5. The number of nitrogens with zero attached hydrogens (tertiary/aromatic N) is 1. The zero-order valence-corrected chi connectivity index (χ0v) is 24.5. The van der Waals surface area contributed by atoms with Gasteiger partial charge in [0.25, 0.3) is 5.69 Å². The maximum atomic E-state index is 13.5. The Balaban J connectivity index is 2.80. The Hall–Kier alpha value is -3.99. The number of benzene rings is 2. The Morgan fingerprint density at radius 1 is 0.900 bits per heavy atom. The standard InChI is InChI=1S/C28H34N2O9S/c1-18(25(31)38-27(2,3)4)17-23(26(32)39-28(5,6)7)24(19-9-11-20(12-10-19)30(33)34)29-40(35,36)22-15-13-21(37-8)14-16-22/h9-16,24,29H,1-8H3/t17?,24-/m1/s1. The van der Waals surface area contributed by atoms with E-state index in [9.17, 15) is 28.1 Å². The number of nitro groups is 1. The molecule has 0 fully saturated rings. The van der Waals surface area contributed by atoms with Crippen LogP contribution in [0.15, 0.2) is 70.3 Å².